The van der Waals surface area contributed by atoms with Crippen LogP contribution in [0.3, 0.4) is 0 Å². The zero-order valence-corrected chi connectivity index (χ0v) is 15.4. The molecular weight excluding hydrogens is 272 g/mol. The first-order valence-corrected chi connectivity index (χ1v) is 9.11. The number of amides is 1. The van der Waals surface area contributed by atoms with Crippen molar-refractivity contribution in [3.05, 3.63) is 12.7 Å². The van der Waals surface area contributed by atoms with Crippen LogP contribution in [0.15, 0.2) is 12.7 Å². The molecule has 0 saturated carbocycles. The summed E-state index contributed by atoms with van der Waals surface area (Å²) in [5.41, 5.74) is 0. The first-order valence-electron chi connectivity index (χ1n) is 9.11. The van der Waals surface area contributed by atoms with E-state index in [2.05, 4.69) is 23.7 Å². The molecule has 1 N–H and O–H groups in total. The molecule has 0 aliphatic heterocycles. The maximum Gasteiger partial charge on any atom is 0.220 e. The van der Waals surface area contributed by atoms with E-state index in [1.54, 1.807) is 0 Å². The Hall–Kier alpha value is -0.830. The van der Waals surface area contributed by atoms with Gasteiger partial charge in [0, 0.05) is 18.5 Å². The van der Waals surface area contributed by atoms with Crippen LogP contribution < -0.4 is 5.32 Å². The molecule has 0 aromatic rings. The Balaban J connectivity index is 3.59. The molecule has 0 rings (SSSR count). The van der Waals surface area contributed by atoms with Crippen LogP contribution in [0, 0.1) is 0 Å². The normalized spacial score (nSPS) is 13.9. The topological polar surface area (TPSA) is 32.3 Å². The predicted octanol–water partition coefficient (Wildman–Crippen LogP) is 4.53. The summed E-state index contributed by atoms with van der Waals surface area (Å²) in [4.78, 5) is 14.0. The van der Waals surface area contributed by atoms with E-state index < -0.39 is 0 Å². The second-order valence-electron chi connectivity index (χ2n) is 6.62. The molecule has 0 radical (unpaired) electrons. The molecule has 130 valence electrons. The lowest BCUT2D eigenvalue weighted by molar-refractivity contribution is -0.122. The predicted molar refractivity (Wildman–Crippen MR) is 97.1 cm³/mol. The Bertz CT molecular complexity index is 289. The number of unbranched alkanes of at least 4 members (excludes halogenated alkanes) is 8. The Kier molecular flexibility index (Phi) is 13.3. The molecule has 3 nitrogen and oxygen atoms in total. The number of nitrogens with one attached hydrogen (secondary N) is 1. The van der Waals surface area contributed by atoms with Gasteiger partial charge in [0.25, 0.3) is 0 Å². The van der Waals surface area contributed by atoms with Crippen molar-refractivity contribution in [3.63, 3.8) is 0 Å². The number of hydrogen-bond acceptors (Lipinski definition) is 2. The monoisotopic (exact) mass is 310 g/mol. The second-order valence-corrected chi connectivity index (χ2v) is 6.62. The minimum absolute atomic E-state index is 0.110. The van der Waals surface area contributed by atoms with Gasteiger partial charge in [-0.1, -0.05) is 64.4 Å². The SMILES string of the molecule is C=CC(C(C)NC(=O)CCCCCCCCCCC)N(C)C. The molecular formula is C19H38N2O. The largest absolute Gasteiger partial charge is 0.352 e. The van der Waals surface area contributed by atoms with Gasteiger partial charge in [0.2, 0.25) is 5.91 Å². The van der Waals surface area contributed by atoms with Crippen LogP contribution in [-0.2, 0) is 4.79 Å². The van der Waals surface area contributed by atoms with E-state index in [9.17, 15) is 4.79 Å². The van der Waals surface area contributed by atoms with E-state index in [0.29, 0.717) is 6.42 Å². The van der Waals surface area contributed by atoms with Crippen LogP contribution in [0.25, 0.3) is 0 Å². The molecule has 0 fully saturated rings. The Labute approximate surface area is 138 Å². The molecule has 0 heterocycles. The Morgan fingerprint density at radius 3 is 2.00 bits per heavy atom. The van der Waals surface area contributed by atoms with Gasteiger partial charge in [-0.15, -0.1) is 6.58 Å². The van der Waals surface area contributed by atoms with E-state index in [1.807, 2.05) is 27.1 Å². The summed E-state index contributed by atoms with van der Waals surface area (Å²) in [6.07, 6.45) is 14.1. The maximum absolute atomic E-state index is 11.9. The molecule has 0 aromatic heterocycles. The van der Waals surface area contributed by atoms with E-state index in [0.717, 1.165) is 6.42 Å². The van der Waals surface area contributed by atoms with Gasteiger partial charge in [0.15, 0.2) is 0 Å². The molecule has 1 amide bonds. The van der Waals surface area contributed by atoms with Crippen molar-refractivity contribution < 1.29 is 4.79 Å². The fraction of sp³-hybridized carbons (Fsp3) is 0.842. The van der Waals surface area contributed by atoms with Gasteiger partial charge in [0.05, 0.1) is 0 Å². The summed E-state index contributed by atoms with van der Waals surface area (Å²) in [5, 5.41) is 3.09. The van der Waals surface area contributed by atoms with E-state index in [-0.39, 0.29) is 18.0 Å². The van der Waals surface area contributed by atoms with Crippen LogP contribution in [0.4, 0.5) is 0 Å². The van der Waals surface area contributed by atoms with Crippen LogP contribution in [0.5, 0.6) is 0 Å². The summed E-state index contributed by atoms with van der Waals surface area (Å²) in [6, 6.07) is 0.297. The highest BCUT2D eigenvalue weighted by atomic mass is 16.1. The molecule has 2 atom stereocenters. The smallest absolute Gasteiger partial charge is 0.220 e. The van der Waals surface area contributed by atoms with Crippen molar-refractivity contribution in [2.75, 3.05) is 14.1 Å². The average Bonchev–Trinajstić information content (AvgIpc) is 2.45. The zero-order chi connectivity index (χ0) is 16.8. The van der Waals surface area contributed by atoms with Crippen molar-refractivity contribution in [1.82, 2.24) is 10.2 Å². The lowest BCUT2D eigenvalue weighted by Gasteiger charge is -2.27. The lowest BCUT2D eigenvalue weighted by atomic mass is 10.1. The third kappa shape index (κ3) is 10.8. The first-order chi connectivity index (χ1) is 10.5. The van der Waals surface area contributed by atoms with E-state index in [4.69, 9.17) is 0 Å². The highest BCUT2D eigenvalue weighted by Crippen LogP contribution is 2.10. The quantitative estimate of drug-likeness (QED) is 0.378. The standard InChI is InChI=1S/C19H38N2O/c1-6-8-9-10-11-12-13-14-15-16-19(22)20-17(3)18(7-2)21(4)5/h7,17-18H,2,6,8-16H2,1,3-5H3,(H,20,22). The minimum Gasteiger partial charge on any atom is -0.352 e. The summed E-state index contributed by atoms with van der Waals surface area (Å²) in [5.74, 6) is 0.171. The van der Waals surface area contributed by atoms with Gasteiger partial charge >= 0.3 is 0 Å². The van der Waals surface area contributed by atoms with Gasteiger partial charge in [0.1, 0.15) is 0 Å². The number of carbonyl (C=O) groups is 1. The fourth-order valence-corrected chi connectivity index (χ4v) is 2.87. The maximum atomic E-state index is 11.9. The van der Waals surface area contributed by atoms with Gasteiger partial charge < -0.3 is 10.2 Å². The Morgan fingerprint density at radius 1 is 1.05 bits per heavy atom. The lowest BCUT2D eigenvalue weighted by Crippen LogP contribution is -2.46. The zero-order valence-electron chi connectivity index (χ0n) is 15.4. The minimum atomic E-state index is 0.110. The molecule has 3 heteroatoms. The molecule has 0 spiro atoms. The van der Waals surface area contributed by atoms with Gasteiger partial charge in [-0.05, 0) is 27.4 Å². The molecule has 0 aliphatic carbocycles. The van der Waals surface area contributed by atoms with Crippen molar-refractivity contribution in [3.8, 4) is 0 Å². The Morgan fingerprint density at radius 2 is 1.55 bits per heavy atom. The summed E-state index contributed by atoms with van der Waals surface area (Å²) in [7, 11) is 4.02. The number of carbonyl (C=O) groups excluding carboxylic acids is 1. The molecule has 0 bridgehead atoms. The van der Waals surface area contributed by atoms with Crippen LogP contribution in [0.2, 0.25) is 0 Å². The third-order valence-electron chi connectivity index (χ3n) is 4.25. The number of rotatable bonds is 14. The molecule has 0 saturated heterocycles. The van der Waals surface area contributed by atoms with Crippen molar-refractivity contribution in [2.24, 2.45) is 0 Å². The average molecular weight is 311 g/mol. The van der Waals surface area contributed by atoms with Crippen molar-refractivity contribution in [2.45, 2.75) is 90.1 Å². The third-order valence-corrected chi connectivity index (χ3v) is 4.25. The van der Waals surface area contributed by atoms with E-state index in [1.165, 1.54) is 51.4 Å². The number of hydrogen-bond donors (Lipinski definition) is 1. The van der Waals surface area contributed by atoms with Crippen LogP contribution in [-0.4, -0.2) is 37.0 Å². The van der Waals surface area contributed by atoms with Gasteiger partial charge in [-0.3, -0.25) is 4.79 Å². The summed E-state index contributed by atoms with van der Waals surface area (Å²) >= 11 is 0. The number of likely N-dealkylation sites (N-methyl/N-ethyl adjacent to an activating group) is 1. The van der Waals surface area contributed by atoms with Gasteiger partial charge in [-0.2, -0.15) is 0 Å². The van der Waals surface area contributed by atoms with Gasteiger partial charge in [-0.25, -0.2) is 0 Å². The summed E-state index contributed by atoms with van der Waals surface area (Å²) < 4.78 is 0. The van der Waals surface area contributed by atoms with Crippen molar-refractivity contribution in [1.29, 1.82) is 0 Å². The van der Waals surface area contributed by atoms with E-state index >= 15 is 0 Å². The highest BCUT2D eigenvalue weighted by Gasteiger charge is 2.17. The van der Waals surface area contributed by atoms with Crippen LogP contribution in [0.1, 0.15) is 78.1 Å². The highest BCUT2D eigenvalue weighted by molar-refractivity contribution is 5.76. The van der Waals surface area contributed by atoms with Crippen LogP contribution >= 0.6 is 0 Å². The first kappa shape index (κ1) is 21.2. The number of nitrogens with zero attached hydrogens (tertiary/aromatic N) is 1. The fourth-order valence-electron chi connectivity index (χ4n) is 2.87. The second kappa shape index (κ2) is 13.8. The summed E-state index contributed by atoms with van der Waals surface area (Å²) in [6.45, 7) is 8.13. The van der Waals surface area contributed by atoms with Crippen molar-refractivity contribution >= 4 is 5.91 Å². The molecule has 22 heavy (non-hydrogen) atoms. The molecule has 0 aromatic carbocycles. The molecule has 2 unspecified atom stereocenters. The molecule has 0 aliphatic rings.